The number of hydrogen-bond acceptors (Lipinski definition) is 5. The third kappa shape index (κ3) is 3.63. The highest BCUT2D eigenvalue weighted by Crippen LogP contribution is 2.50. The lowest BCUT2D eigenvalue weighted by atomic mass is 10.3. The average Bonchev–Trinajstić information content (AvgIpc) is 2.32. The van der Waals surface area contributed by atoms with Gasteiger partial charge in [-0.2, -0.15) is 0 Å². The fraction of sp³-hybridized carbons (Fsp3) is 0.364. The highest BCUT2D eigenvalue weighted by Gasteiger charge is 2.37. The fourth-order valence-electron chi connectivity index (χ4n) is 1.16. The minimum atomic E-state index is -4.02. The maximum atomic E-state index is 13.3. The molecule has 0 heterocycles. The molecule has 7 heteroatoms. The van der Waals surface area contributed by atoms with E-state index in [1.807, 2.05) is 0 Å². The summed E-state index contributed by atoms with van der Waals surface area (Å²) in [5.41, 5.74) is -1.23. The van der Waals surface area contributed by atoms with Gasteiger partial charge in [-0.25, -0.2) is 13.8 Å². The zero-order valence-corrected chi connectivity index (χ0v) is 11.0. The zero-order chi connectivity index (χ0) is 13.6. The molecule has 0 aliphatic heterocycles. The molecular formula is C11H14FO5P. The summed E-state index contributed by atoms with van der Waals surface area (Å²) in [6, 6.07) is 5.29. The number of hydrogen-bond donors (Lipinski definition) is 0. The zero-order valence-electron chi connectivity index (χ0n) is 10.1. The SMILES string of the molecule is CCOP(=O)(OCC)C(=O)Oc1ccccc1F. The molecule has 5 nitrogen and oxygen atoms in total. The van der Waals surface area contributed by atoms with E-state index in [0.717, 1.165) is 6.07 Å². The molecule has 0 saturated heterocycles. The number of rotatable bonds is 6. The van der Waals surface area contributed by atoms with Crippen molar-refractivity contribution in [3.63, 3.8) is 0 Å². The molecule has 0 aliphatic rings. The van der Waals surface area contributed by atoms with Gasteiger partial charge in [0.1, 0.15) is 0 Å². The van der Waals surface area contributed by atoms with Crippen LogP contribution in [0.5, 0.6) is 5.75 Å². The number of carbonyl (C=O) groups is 1. The Kier molecular flexibility index (Phi) is 5.47. The van der Waals surface area contributed by atoms with Gasteiger partial charge >= 0.3 is 13.3 Å². The van der Waals surface area contributed by atoms with Crippen molar-refractivity contribution in [2.75, 3.05) is 13.2 Å². The van der Waals surface area contributed by atoms with Crippen LogP contribution in [0.3, 0.4) is 0 Å². The van der Waals surface area contributed by atoms with Crippen molar-refractivity contribution in [3.8, 4) is 5.75 Å². The Balaban J connectivity index is 2.86. The number of ether oxygens (including phenoxy) is 1. The highest BCUT2D eigenvalue weighted by atomic mass is 31.2. The second-order valence-corrected chi connectivity index (χ2v) is 5.01. The second kappa shape index (κ2) is 6.64. The summed E-state index contributed by atoms with van der Waals surface area (Å²) < 4.78 is 39.5. The van der Waals surface area contributed by atoms with E-state index in [4.69, 9.17) is 9.05 Å². The molecule has 0 radical (unpaired) electrons. The summed E-state index contributed by atoms with van der Waals surface area (Å²) in [6.45, 7) is 3.15. The number of halogens is 1. The van der Waals surface area contributed by atoms with Crippen molar-refractivity contribution in [1.29, 1.82) is 0 Å². The van der Waals surface area contributed by atoms with Crippen molar-refractivity contribution < 1.29 is 27.5 Å². The lowest BCUT2D eigenvalue weighted by Gasteiger charge is -2.15. The van der Waals surface area contributed by atoms with Crippen molar-refractivity contribution in [1.82, 2.24) is 0 Å². The summed E-state index contributed by atoms with van der Waals surface area (Å²) >= 11 is 0. The van der Waals surface area contributed by atoms with Crippen LogP contribution in [0, 0.1) is 5.82 Å². The molecule has 0 atom stereocenters. The van der Waals surface area contributed by atoms with Gasteiger partial charge in [-0.1, -0.05) is 12.1 Å². The molecule has 100 valence electrons. The number of benzene rings is 1. The van der Waals surface area contributed by atoms with Gasteiger partial charge in [0.05, 0.1) is 13.2 Å². The van der Waals surface area contributed by atoms with E-state index in [1.165, 1.54) is 18.2 Å². The summed E-state index contributed by atoms with van der Waals surface area (Å²) in [4.78, 5) is 11.7. The molecule has 0 unspecified atom stereocenters. The average molecular weight is 276 g/mol. The Morgan fingerprint density at radius 1 is 1.22 bits per heavy atom. The van der Waals surface area contributed by atoms with E-state index >= 15 is 0 Å². The first-order valence-corrected chi connectivity index (χ1v) is 6.93. The van der Waals surface area contributed by atoms with Crippen LogP contribution in [0.4, 0.5) is 9.18 Å². The summed E-state index contributed by atoms with van der Waals surface area (Å²) in [7, 11) is -4.02. The number of carbonyl (C=O) groups excluding carboxylic acids is 1. The van der Waals surface area contributed by atoms with Crippen LogP contribution >= 0.6 is 7.60 Å². The normalized spacial score (nSPS) is 11.3. The van der Waals surface area contributed by atoms with Gasteiger partial charge in [0.15, 0.2) is 11.6 Å². The maximum absolute atomic E-state index is 13.3. The van der Waals surface area contributed by atoms with Crippen LogP contribution in [0.1, 0.15) is 13.8 Å². The molecule has 0 spiro atoms. The van der Waals surface area contributed by atoms with Crippen molar-refractivity contribution in [2.45, 2.75) is 13.8 Å². The first-order chi connectivity index (χ1) is 8.53. The lowest BCUT2D eigenvalue weighted by molar-refractivity contribution is 0.184. The Hall–Kier alpha value is -1.23. The smallest absolute Gasteiger partial charge is 0.414 e. The summed E-state index contributed by atoms with van der Waals surface area (Å²) in [5, 5.41) is 0. The van der Waals surface area contributed by atoms with Gasteiger partial charge in [-0.3, -0.25) is 0 Å². The molecule has 1 rings (SSSR count). The second-order valence-electron chi connectivity index (χ2n) is 3.13. The van der Waals surface area contributed by atoms with Gasteiger partial charge in [-0.15, -0.1) is 0 Å². The minimum Gasteiger partial charge on any atom is -0.414 e. The maximum Gasteiger partial charge on any atom is 0.438 e. The largest absolute Gasteiger partial charge is 0.438 e. The van der Waals surface area contributed by atoms with Crippen LogP contribution < -0.4 is 4.74 Å². The molecule has 0 N–H and O–H groups in total. The molecule has 0 fully saturated rings. The van der Waals surface area contributed by atoms with E-state index in [2.05, 4.69) is 4.74 Å². The molecule has 0 aliphatic carbocycles. The Bertz CT molecular complexity index is 453. The van der Waals surface area contributed by atoms with E-state index in [0.29, 0.717) is 0 Å². The minimum absolute atomic E-state index is 0.0175. The van der Waals surface area contributed by atoms with Gasteiger partial charge in [-0.05, 0) is 26.0 Å². The van der Waals surface area contributed by atoms with Gasteiger partial charge in [0.2, 0.25) is 0 Å². The van der Waals surface area contributed by atoms with Crippen LogP contribution in [0.25, 0.3) is 0 Å². The number of para-hydroxylation sites is 1. The summed E-state index contributed by atoms with van der Waals surface area (Å²) in [6.07, 6.45) is 0. The monoisotopic (exact) mass is 276 g/mol. The summed E-state index contributed by atoms with van der Waals surface area (Å²) in [5.74, 6) is -1.05. The third-order valence-corrected chi connectivity index (χ3v) is 3.59. The van der Waals surface area contributed by atoms with Gasteiger partial charge in [0, 0.05) is 0 Å². The standard InChI is InChI=1S/C11H14FO5P/c1-3-15-18(14,16-4-2)11(13)17-10-8-6-5-7-9(10)12/h5-8H,3-4H2,1-2H3. The van der Waals surface area contributed by atoms with Gasteiger partial charge in [0.25, 0.3) is 0 Å². The molecule has 0 aromatic heterocycles. The Morgan fingerprint density at radius 2 is 1.78 bits per heavy atom. The quantitative estimate of drug-likeness (QED) is 0.743. The van der Waals surface area contributed by atoms with E-state index in [1.54, 1.807) is 13.8 Å². The van der Waals surface area contributed by atoms with Crippen LogP contribution in [-0.2, 0) is 13.6 Å². The Labute approximate surface area is 104 Å². The van der Waals surface area contributed by atoms with E-state index in [9.17, 15) is 13.8 Å². The predicted molar refractivity (Wildman–Crippen MR) is 63.3 cm³/mol. The molecule has 1 aromatic carbocycles. The molecule has 0 amide bonds. The predicted octanol–water partition coefficient (Wildman–Crippen LogP) is 3.59. The molecule has 1 aromatic rings. The first-order valence-electron chi connectivity index (χ1n) is 5.39. The van der Waals surface area contributed by atoms with Crippen molar-refractivity contribution >= 4 is 13.3 Å². The Morgan fingerprint density at radius 3 is 2.28 bits per heavy atom. The van der Waals surface area contributed by atoms with Crippen LogP contribution in [0.2, 0.25) is 0 Å². The first kappa shape index (κ1) is 14.8. The molecule has 0 saturated carbocycles. The highest BCUT2D eigenvalue weighted by molar-refractivity contribution is 7.71. The third-order valence-electron chi connectivity index (χ3n) is 1.86. The van der Waals surface area contributed by atoms with E-state index in [-0.39, 0.29) is 19.0 Å². The lowest BCUT2D eigenvalue weighted by Crippen LogP contribution is -2.12. The van der Waals surface area contributed by atoms with Crippen molar-refractivity contribution in [3.05, 3.63) is 30.1 Å². The van der Waals surface area contributed by atoms with Crippen molar-refractivity contribution in [2.24, 2.45) is 0 Å². The molecular weight excluding hydrogens is 262 g/mol. The molecule has 0 bridgehead atoms. The molecule has 18 heavy (non-hydrogen) atoms. The van der Waals surface area contributed by atoms with Gasteiger partial charge < -0.3 is 13.8 Å². The topological polar surface area (TPSA) is 61.8 Å². The van der Waals surface area contributed by atoms with Crippen LogP contribution in [0.15, 0.2) is 24.3 Å². The fourth-order valence-corrected chi connectivity index (χ4v) is 2.34. The van der Waals surface area contributed by atoms with E-state index < -0.39 is 19.1 Å². The van der Waals surface area contributed by atoms with Crippen LogP contribution in [-0.4, -0.2) is 18.9 Å².